The smallest absolute Gasteiger partial charge is 0.194 e. The quantitative estimate of drug-likeness (QED) is 0.208. The van der Waals surface area contributed by atoms with E-state index in [0.717, 1.165) is 54.6 Å². The molecule has 0 amide bonds. The highest BCUT2D eigenvalue weighted by molar-refractivity contribution is 6.24. The Morgan fingerprint density at radius 1 is 0.469 bits per heavy atom. The van der Waals surface area contributed by atoms with Crippen molar-refractivity contribution in [2.24, 2.45) is 0 Å². The highest BCUT2D eigenvalue weighted by atomic mass is 16.1. The summed E-state index contributed by atoms with van der Waals surface area (Å²) >= 11 is 0. The van der Waals surface area contributed by atoms with E-state index in [9.17, 15) is 4.79 Å². The van der Waals surface area contributed by atoms with Gasteiger partial charge in [0.1, 0.15) is 0 Å². The van der Waals surface area contributed by atoms with E-state index in [0.29, 0.717) is 0 Å². The van der Waals surface area contributed by atoms with Crippen LogP contribution in [0.25, 0.3) is 43.1 Å². The lowest BCUT2D eigenvalue weighted by molar-refractivity contribution is 0.104. The van der Waals surface area contributed by atoms with Crippen molar-refractivity contribution >= 4 is 48.9 Å². The number of ketones is 1. The molecular formula is C31H22O. The summed E-state index contributed by atoms with van der Waals surface area (Å²) in [5.74, 6) is 0.0989. The predicted octanol–water partition coefficient (Wildman–Crippen LogP) is 8.15. The normalized spacial score (nSPS) is 11.6. The van der Waals surface area contributed by atoms with Gasteiger partial charge in [-0.3, -0.25) is 4.79 Å². The molecule has 0 aliphatic carbocycles. The lowest BCUT2D eigenvalue weighted by Crippen LogP contribution is -2.08. The zero-order chi connectivity index (χ0) is 21.8. The van der Waals surface area contributed by atoms with Gasteiger partial charge in [0.05, 0.1) is 0 Å². The molecule has 152 valence electrons. The van der Waals surface area contributed by atoms with Gasteiger partial charge in [-0.1, -0.05) is 72.8 Å². The van der Waals surface area contributed by atoms with E-state index < -0.39 is 0 Å². The second kappa shape index (κ2) is 7.03. The largest absolute Gasteiger partial charge is 0.289 e. The Morgan fingerprint density at radius 3 is 1.25 bits per heavy atom. The Bertz CT molecular complexity index is 1580. The average molecular weight is 411 g/mol. The molecule has 0 N–H and O–H groups in total. The van der Waals surface area contributed by atoms with E-state index in [1.165, 1.54) is 10.8 Å². The molecule has 0 spiro atoms. The molecule has 0 saturated heterocycles. The molecule has 0 radical (unpaired) electrons. The molecule has 6 rings (SSSR count). The van der Waals surface area contributed by atoms with Crippen molar-refractivity contribution in [3.63, 3.8) is 0 Å². The van der Waals surface area contributed by atoms with Crippen molar-refractivity contribution in [2.45, 2.75) is 13.8 Å². The molecular weight excluding hydrogens is 388 g/mol. The first kappa shape index (κ1) is 18.8. The van der Waals surface area contributed by atoms with Gasteiger partial charge < -0.3 is 0 Å². The number of carbonyl (C=O) groups is 1. The van der Waals surface area contributed by atoms with E-state index in [1.807, 2.05) is 26.0 Å². The van der Waals surface area contributed by atoms with E-state index in [-0.39, 0.29) is 5.78 Å². The zero-order valence-electron chi connectivity index (χ0n) is 18.1. The van der Waals surface area contributed by atoms with Crippen LogP contribution >= 0.6 is 0 Å². The lowest BCUT2D eigenvalue weighted by atomic mass is 9.87. The molecule has 6 aromatic carbocycles. The maximum absolute atomic E-state index is 14.2. The molecule has 0 bridgehead atoms. The van der Waals surface area contributed by atoms with Crippen molar-refractivity contribution in [3.8, 4) is 0 Å². The first-order chi connectivity index (χ1) is 15.6. The minimum atomic E-state index is 0.0989. The van der Waals surface area contributed by atoms with Crippen molar-refractivity contribution in [1.82, 2.24) is 0 Å². The monoisotopic (exact) mass is 410 g/mol. The fourth-order valence-electron chi connectivity index (χ4n) is 4.97. The molecule has 0 aliphatic heterocycles. The molecule has 0 fully saturated rings. The molecule has 0 heterocycles. The number of hydrogen-bond donors (Lipinski definition) is 0. The van der Waals surface area contributed by atoms with Crippen LogP contribution in [-0.4, -0.2) is 5.78 Å². The van der Waals surface area contributed by atoms with Gasteiger partial charge in [0, 0.05) is 11.1 Å². The lowest BCUT2D eigenvalue weighted by Gasteiger charge is -2.15. The maximum Gasteiger partial charge on any atom is 0.194 e. The van der Waals surface area contributed by atoms with Crippen LogP contribution in [-0.2, 0) is 0 Å². The van der Waals surface area contributed by atoms with Crippen LogP contribution in [0.15, 0.2) is 97.1 Å². The molecule has 32 heavy (non-hydrogen) atoms. The van der Waals surface area contributed by atoms with E-state index in [4.69, 9.17) is 0 Å². The van der Waals surface area contributed by atoms with Crippen LogP contribution in [0.3, 0.4) is 0 Å². The summed E-state index contributed by atoms with van der Waals surface area (Å²) in [5.41, 5.74) is 3.62. The first-order valence-electron chi connectivity index (χ1n) is 11.0. The Kier molecular flexibility index (Phi) is 4.13. The van der Waals surface area contributed by atoms with Crippen LogP contribution in [0.1, 0.15) is 27.0 Å². The maximum atomic E-state index is 14.2. The Balaban J connectivity index is 1.67. The number of rotatable bonds is 2. The summed E-state index contributed by atoms with van der Waals surface area (Å²) in [7, 11) is 0. The number of benzene rings is 6. The van der Waals surface area contributed by atoms with Gasteiger partial charge >= 0.3 is 0 Å². The van der Waals surface area contributed by atoms with Crippen LogP contribution in [0, 0.1) is 13.8 Å². The van der Waals surface area contributed by atoms with E-state index in [2.05, 4.69) is 84.9 Å². The van der Waals surface area contributed by atoms with Crippen molar-refractivity contribution < 1.29 is 4.79 Å². The third kappa shape index (κ3) is 2.82. The second-order valence-electron chi connectivity index (χ2n) is 8.69. The highest BCUT2D eigenvalue weighted by Gasteiger charge is 2.20. The summed E-state index contributed by atoms with van der Waals surface area (Å²) in [6, 6.07) is 33.8. The minimum Gasteiger partial charge on any atom is -0.289 e. The number of carbonyl (C=O) groups excluding carboxylic acids is 1. The van der Waals surface area contributed by atoms with Crippen LogP contribution < -0.4 is 0 Å². The van der Waals surface area contributed by atoms with Crippen LogP contribution in [0.2, 0.25) is 0 Å². The molecule has 0 aliphatic rings. The Labute approximate surface area is 186 Å². The average Bonchev–Trinajstić information content (AvgIpc) is 2.81. The Hall–Kier alpha value is -3.97. The fraction of sp³-hybridized carbons (Fsp3) is 0.0645. The van der Waals surface area contributed by atoms with Gasteiger partial charge in [0.2, 0.25) is 0 Å². The standard InChI is InChI=1S/C31H22O/c1-19-11-13-25-15-21-7-3-5-9-23(21)17-27(25)29(19)31(32)30-20(2)12-14-26-16-22-8-4-6-10-24(22)18-28(26)30/h3-18H,1-2H3. The highest BCUT2D eigenvalue weighted by Crippen LogP contribution is 2.33. The third-order valence-corrected chi connectivity index (χ3v) is 6.64. The van der Waals surface area contributed by atoms with Gasteiger partial charge in [-0.25, -0.2) is 0 Å². The van der Waals surface area contributed by atoms with Crippen molar-refractivity contribution in [3.05, 3.63) is 119 Å². The summed E-state index contributed by atoms with van der Waals surface area (Å²) in [4.78, 5) is 14.2. The summed E-state index contributed by atoms with van der Waals surface area (Å²) < 4.78 is 0. The van der Waals surface area contributed by atoms with Crippen molar-refractivity contribution in [1.29, 1.82) is 0 Å². The van der Waals surface area contributed by atoms with Gasteiger partial charge in [-0.05, 0) is 92.3 Å². The topological polar surface area (TPSA) is 17.1 Å². The number of aryl methyl sites for hydroxylation is 2. The number of fused-ring (bicyclic) bond motifs is 4. The molecule has 1 heteroatoms. The summed E-state index contributed by atoms with van der Waals surface area (Å²) in [6.07, 6.45) is 0. The molecule has 0 aromatic heterocycles. The Morgan fingerprint density at radius 2 is 0.844 bits per heavy atom. The fourth-order valence-corrected chi connectivity index (χ4v) is 4.97. The van der Waals surface area contributed by atoms with Crippen LogP contribution in [0.5, 0.6) is 0 Å². The van der Waals surface area contributed by atoms with Crippen molar-refractivity contribution in [2.75, 3.05) is 0 Å². The summed E-state index contributed by atoms with van der Waals surface area (Å²) in [5, 5.41) is 8.92. The molecule has 0 atom stereocenters. The number of hydrogen-bond acceptors (Lipinski definition) is 1. The molecule has 1 nitrogen and oxygen atoms in total. The van der Waals surface area contributed by atoms with E-state index in [1.54, 1.807) is 0 Å². The molecule has 0 saturated carbocycles. The van der Waals surface area contributed by atoms with Crippen LogP contribution in [0.4, 0.5) is 0 Å². The second-order valence-corrected chi connectivity index (χ2v) is 8.69. The minimum absolute atomic E-state index is 0.0989. The first-order valence-corrected chi connectivity index (χ1v) is 11.0. The predicted molar refractivity (Wildman–Crippen MR) is 136 cm³/mol. The SMILES string of the molecule is Cc1ccc2cc3ccccc3cc2c1C(=O)c1c(C)ccc2cc3ccccc3cc12. The van der Waals surface area contributed by atoms with Gasteiger partial charge in [0.25, 0.3) is 0 Å². The van der Waals surface area contributed by atoms with Gasteiger partial charge in [-0.2, -0.15) is 0 Å². The zero-order valence-corrected chi connectivity index (χ0v) is 18.1. The third-order valence-electron chi connectivity index (χ3n) is 6.64. The van der Waals surface area contributed by atoms with Gasteiger partial charge in [0.15, 0.2) is 5.78 Å². The van der Waals surface area contributed by atoms with Gasteiger partial charge in [-0.15, -0.1) is 0 Å². The molecule has 6 aromatic rings. The molecule has 0 unspecified atom stereocenters. The van der Waals surface area contributed by atoms with E-state index >= 15 is 0 Å². The summed E-state index contributed by atoms with van der Waals surface area (Å²) in [6.45, 7) is 4.08.